The third-order valence-electron chi connectivity index (χ3n) is 3.34. The van der Waals surface area contributed by atoms with Crippen LogP contribution in [0.3, 0.4) is 0 Å². The predicted molar refractivity (Wildman–Crippen MR) is 72.5 cm³/mol. The minimum absolute atomic E-state index is 0.182. The average Bonchev–Trinajstić information content (AvgIpc) is 3.12. The Hall–Kier alpha value is -1.06. The van der Waals surface area contributed by atoms with Gasteiger partial charge in [0, 0.05) is 17.5 Å². The summed E-state index contributed by atoms with van der Waals surface area (Å²) in [5.74, 6) is 0.816. The van der Waals surface area contributed by atoms with Gasteiger partial charge in [0.2, 0.25) is 0 Å². The zero-order valence-electron chi connectivity index (χ0n) is 10.8. The molecule has 0 spiro atoms. The molecule has 4 heteroatoms. The van der Waals surface area contributed by atoms with E-state index in [1.54, 1.807) is 18.2 Å². The van der Waals surface area contributed by atoms with Crippen LogP contribution in [0.25, 0.3) is 0 Å². The lowest BCUT2D eigenvalue weighted by Crippen LogP contribution is -2.27. The van der Waals surface area contributed by atoms with Gasteiger partial charge in [-0.15, -0.1) is 0 Å². The standard InChI is InChI=1S/C14H18ClNO2/c1-3-18-12-5-4-10(8-11(12)15)13(17)14(6-7-14)9-16-2/h4-5,8,16H,3,6-7,9H2,1-2H3. The van der Waals surface area contributed by atoms with Gasteiger partial charge in [0.05, 0.1) is 11.6 Å². The van der Waals surface area contributed by atoms with Crippen molar-refractivity contribution in [3.05, 3.63) is 28.8 Å². The van der Waals surface area contributed by atoms with E-state index in [4.69, 9.17) is 16.3 Å². The van der Waals surface area contributed by atoms with E-state index in [-0.39, 0.29) is 11.2 Å². The number of rotatable bonds is 6. The molecule has 1 aromatic rings. The summed E-state index contributed by atoms with van der Waals surface area (Å²) < 4.78 is 5.36. The van der Waals surface area contributed by atoms with E-state index in [1.165, 1.54) is 0 Å². The molecule has 18 heavy (non-hydrogen) atoms. The van der Waals surface area contributed by atoms with Gasteiger partial charge in [0.15, 0.2) is 5.78 Å². The highest BCUT2D eigenvalue weighted by molar-refractivity contribution is 6.32. The first kappa shape index (κ1) is 13.4. The monoisotopic (exact) mass is 267 g/mol. The van der Waals surface area contributed by atoms with E-state index in [1.807, 2.05) is 14.0 Å². The van der Waals surface area contributed by atoms with Gasteiger partial charge in [0.25, 0.3) is 0 Å². The van der Waals surface area contributed by atoms with Crippen molar-refractivity contribution in [3.8, 4) is 5.75 Å². The summed E-state index contributed by atoms with van der Waals surface area (Å²) >= 11 is 6.11. The van der Waals surface area contributed by atoms with E-state index in [2.05, 4.69) is 5.32 Å². The van der Waals surface area contributed by atoms with Gasteiger partial charge in [-0.05, 0) is 45.0 Å². The van der Waals surface area contributed by atoms with Crippen LogP contribution in [-0.4, -0.2) is 26.0 Å². The number of benzene rings is 1. The lowest BCUT2D eigenvalue weighted by atomic mass is 9.94. The summed E-state index contributed by atoms with van der Waals surface area (Å²) in [4.78, 5) is 12.4. The Labute approximate surface area is 112 Å². The first-order valence-electron chi connectivity index (χ1n) is 6.25. The molecule has 0 heterocycles. The van der Waals surface area contributed by atoms with Crippen molar-refractivity contribution in [3.63, 3.8) is 0 Å². The van der Waals surface area contributed by atoms with E-state index in [9.17, 15) is 4.79 Å². The van der Waals surface area contributed by atoms with Crippen LogP contribution in [0.1, 0.15) is 30.1 Å². The molecule has 0 amide bonds. The van der Waals surface area contributed by atoms with Crippen LogP contribution in [0, 0.1) is 5.41 Å². The highest BCUT2D eigenvalue weighted by Gasteiger charge is 2.49. The quantitative estimate of drug-likeness (QED) is 0.806. The van der Waals surface area contributed by atoms with E-state index in [0.29, 0.717) is 22.9 Å². The maximum absolute atomic E-state index is 12.4. The van der Waals surface area contributed by atoms with E-state index >= 15 is 0 Å². The Morgan fingerprint density at radius 1 is 1.50 bits per heavy atom. The van der Waals surface area contributed by atoms with Crippen LogP contribution < -0.4 is 10.1 Å². The fourth-order valence-electron chi connectivity index (χ4n) is 2.19. The Morgan fingerprint density at radius 3 is 2.72 bits per heavy atom. The normalized spacial score (nSPS) is 16.4. The molecule has 0 saturated heterocycles. The summed E-state index contributed by atoms with van der Waals surface area (Å²) in [5.41, 5.74) is 0.474. The van der Waals surface area contributed by atoms with Crippen LogP contribution in [0.2, 0.25) is 5.02 Å². The molecule has 1 saturated carbocycles. The summed E-state index contributed by atoms with van der Waals surface area (Å²) in [5, 5.41) is 3.59. The number of carbonyl (C=O) groups is 1. The summed E-state index contributed by atoms with van der Waals surface area (Å²) in [7, 11) is 1.87. The smallest absolute Gasteiger partial charge is 0.170 e. The van der Waals surface area contributed by atoms with Gasteiger partial charge in [-0.25, -0.2) is 0 Å². The Bertz CT molecular complexity index is 455. The second-order valence-electron chi connectivity index (χ2n) is 4.72. The molecule has 3 nitrogen and oxygen atoms in total. The molecule has 1 aliphatic rings. The highest BCUT2D eigenvalue weighted by atomic mass is 35.5. The summed E-state index contributed by atoms with van der Waals surface area (Å²) in [6.45, 7) is 3.20. The number of hydrogen-bond acceptors (Lipinski definition) is 3. The van der Waals surface area contributed by atoms with Gasteiger partial charge >= 0.3 is 0 Å². The van der Waals surface area contributed by atoms with E-state index < -0.39 is 0 Å². The van der Waals surface area contributed by atoms with Crippen LogP contribution in [0.5, 0.6) is 5.75 Å². The van der Waals surface area contributed by atoms with Crippen molar-refractivity contribution < 1.29 is 9.53 Å². The second-order valence-corrected chi connectivity index (χ2v) is 5.13. The van der Waals surface area contributed by atoms with Gasteiger partial charge in [-0.3, -0.25) is 4.79 Å². The van der Waals surface area contributed by atoms with Crippen molar-refractivity contribution in [1.82, 2.24) is 5.32 Å². The molecule has 1 N–H and O–H groups in total. The average molecular weight is 268 g/mol. The topological polar surface area (TPSA) is 38.3 Å². The number of nitrogens with one attached hydrogen (secondary N) is 1. The Kier molecular flexibility index (Phi) is 3.93. The second kappa shape index (κ2) is 5.29. The van der Waals surface area contributed by atoms with Crippen LogP contribution in [-0.2, 0) is 0 Å². The minimum atomic E-state index is -0.203. The van der Waals surface area contributed by atoms with E-state index in [0.717, 1.165) is 19.4 Å². The molecule has 98 valence electrons. The lowest BCUT2D eigenvalue weighted by Gasteiger charge is -2.14. The Morgan fingerprint density at radius 2 is 2.22 bits per heavy atom. The fraction of sp³-hybridized carbons (Fsp3) is 0.500. The molecule has 0 bridgehead atoms. The first-order valence-corrected chi connectivity index (χ1v) is 6.62. The SMILES string of the molecule is CCOc1ccc(C(=O)C2(CNC)CC2)cc1Cl. The predicted octanol–water partition coefficient (Wildman–Crippen LogP) is 2.92. The minimum Gasteiger partial charge on any atom is -0.492 e. The maximum Gasteiger partial charge on any atom is 0.170 e. The van der Waals surface area contributed by atoms with Gasteiger partial charge in [-0.1, -0.05) is 11.6 Å². The van der Waals surface area contributed by atoms with Crippen LogP contribution in [0.15, 0.2) is 18.2 Å². The maximum atomic E-state index is 12.4. The van der Waals surface area contributed by atoms with Gasteiger partial charge < -0.3 is 10.1 Å². The molecule has 1 aliphatic carbocycles. The molecule has 0 unspecified atom stereocenters. The number of carbonyl (C=O) groups excluding carboxylic acids is 1. The third-order valence-corrected chi connectivity index (χ3v) is 3.64. The first-order chi connectivity index (χ1) is 8.63. The molecular weight excluding hydrogens is 250 g/mol. The molecule has 1 fully saturated rings. The van der Waals surface area contributed by atoms with Gasteiger partial charge in [-0.2, -0.15) is 0 Å². The van der Waals surface area contributed by atoms with Crippen molar-refractivity contribution in [2.24, 2.45) is 5.41 Å². The number of halogens is 1. The number of hydrogen-bond donors (Lipinski definition) is 1. The zero-order chi connectivity index (χ0) is 13.2. The largest absolute Gasteiger partial charge is 0.492 e. The Balaban J connectivity index is 2.19. The molecule has 0 radical (unpaired) electrons. The van der Waals surface area contributed by atoms with Crippen LogP contribution in [0.4, 0.5) is 0 Å². The number of ketones is 1. The molecule has 1 aromatic carbocycles. The molecule has 2 rings (SSSR count). The molecule has 0 atom stereocenters. The van der Waals surface area contributed by atoms with Gasteiger partial charge in [0.1, 0.15) is 5.75 Å². The molecular formula is C14H18ClNO2. The number of Topliss-reactive ketones (excluding diaryl/α,β-unsaturated/α-hetero) is 1. The number of ether oxygens (including phenoxy) is 1. The van der Waals surface area contributed by atoms with Crippen LogP contribution >= 0.6 is 11.6 Å². The fourth-order valence-corrected chi connectivity index (χ4v) is 2.43. The summed E-state index contributed by atoms with van der Waals surface area (Å²) in [6.07, 6.45) is 1.91. The zero-order valence-corrected chi connectivity index (χ0v) is 11.5. The molecule has 0 aliphatic heterocycles. The lowest BCUT2D eigenvalue weighted by molar-refractivity contribution is 0.0900. The van der Waals surface area contributed by atoms with Crippen molar-refractivity contribution in [2.45, 2.75) is 19.8 Å². The van der Waals surface area contributed by atoms with Crippen molar-refractivity contribution >= 4 is 17.4 Å². The van der Waals surface area contributed by atoms with Crippen molar-refractivity contribution in [1.29, 1.82) is 0 Å². The van der Waals surface area contributed by atoms with Crippen molar-refractivity contribution in [2.75, 3.05) is 20.2 Å². The molecule has 0 aromatic heterocycles. The third kappa shape index (κ3) is 2.52. The summed E-state index contributed by atoms with van der Waals surface area (Å²) in [6, 6.07) is 5.29. The highest BCUT2D eigenvalue weighted by Crippen LogP contribution is 2.48.